The first-order chi connectivity index (χ1) is 9.35. The lowest BCUT2D eigenvalue weighted by Gasteiger charge is -2.15. The highest BCUT2D eigenvalue weighted by atomic mass is 16.1. The summed E-state index contributed by atoms with van der Waals surface area (Å²) >= 11 is 0. The molecule has 0 saturated carbocycles. The summed E-state index contributed by atoms with van der Waals surface area (Å²) in [7, 11) is 0. The summed E-state index contributed by atoms with van der Waals surface area (Å²) in [5, 5.41) is 0. The van der Waals surface area contributed by atoms with E-state index in [2.05, 4.69) is 20.3 Å². The zero-order valence-corrected chi connectivity index (χ0v) is 13.3. The lowest BCUT2D eigenvalue weighted by atomic mass is 10.1. The van der Waals surface area contributed by atoms with E-state index in [9.17, 15) is 4.79 Å². The van der Waals surface area contributed by atoms with Crippen LogP contribution in [-0.2, 0) is 4.79 Å². The van der Waals surface area contributed by atoms with Crippen LogP contribution in [0.1, 0.15) is 90.9 Å². The first kappa shape index (κ1) is 18.5. The third-order valence-electron chi connectivity index (χ3n) is 3.69. The van der Waals surface area contributed by atoms with Crippen LogP contribution >= 0.6 is 0 Å². The van der Waals surface area contributed by atoms with E-state index in [1.807, 2.05) is 4.90 Å². The molecule has 0 saturated heterocycles. The number of rotatable bonds is 15. The predicted octanol–water partition coefficient (Wildman–Crippen LogP) is 5.08. The summed E-state index contributed by atoms with van der Waals surface area (Å²) in [6.07, 6.45) is 17.8. The topological polar surface area (TPSA) is 20.3 Å². The number of amides is 1. The number of unbranched alkanes of at least 4 members (excludes halogenated alkanes) is 10. The molecular weight excluding hydrogens is 234 g/mol. The Hall–Kier alpha value is -0.530. The molecule has 0 bridgehead atoms. The Labute approximate surface area is 120 Å². The van der Waals surface area contributed by atoms with Gasteiger partial charge in [-0.15, -0.1) is 0 Å². The molecule has 0 aromatic carbocycles. The van der Waals surface area contributed by atoms with Crippen LogP contribution in [0.3, 0.4) is 0 Å². The highest BCUT2D eigenvalue weighted by molar-refractivity contribution is 5.47. The van der Waals surface area contributed by atoms with Crippen molar-refractivity contribution in [1.29, 1.82) is 0 Å². The molecule has 0 spiro atoms. The van der Waals surface area contributed by atoms with Gasteiger partial charge in [0.25, 0.3) is 0 Å². The zero-order chi connectivity index (χ0) is 14.2. The Morgan fingerprint density at radius 1 is 0.632 bits per heavy atom. The van der Waals surface area contributed by atoms with Crippen molar-refractivity contribution in [3.63, 3.8) is 0 Å². The minimum absolute atomic E-state index is 0.886. The second kappa shape index (κ2) is 15.5. The van der Waals surface area contributed by atoms with Crippen LogP contribution in [0.15, 0.2) is 0 Å². The smallest absolute Gasteiger partial charge is 0.312 e. The summed E-state index contributed by atoms with van der Waals surface area (Å²) in [6.45, 7) is 6.21. The zero-order valence-electron chi connectivity index (χ0n) is 13.3. The molecule has 1 radical (unpaired) electrons. The van der Waals surface area contributed by atoms with Gasteiger partial charge in [-0.1, -0.05) is 78.1 Å². The largest absolute Gasteiger partial charge is 0.334 e. The van der Waals surface area contributed by atoms with Crippen molar-refractivity contribution in [2.75, 3.05) is 13.1 Å². The van der Waals surface area contributed by atoms with Crippen molar-refractivity contribution >= 4 is 6.41 Å². The van der Waals surface area contributed by atoms with E-state index in [0.717, 1.165) is 32.4 Å². The molecule has 0 aliphatic rings. The van der Waals surface area contributed by atoms with Crippen LogP contribution in [0.4, 0.5) is 0 Å². The summed E-state index contributed by atoms with van der Waals surface area (Å²) in [6, 6.07) is 0. The van der Waals surface area contributed by atoms with Crippen molar-refractivity contribution in [3.8, 4) is 0 Å². The van der Waals surface area contributed by atoms with Crippen LogP contribution in [0.2, 0.25) is 0 Å². The molecular formula is C17H34NO. The molecule has 0 aliphatic heterocycles. The van der Waals surface area contributed by atoms with Gasteiger partial charge in [0, 0.05) is 13.1 Å². The first-order valence-corrected chi connectivity index (χ1v) is 8.47. The third kappa shape index (κ3) is 13.7. The SMILES string of the molecule is CCCCCCCCCCCCN([C]=O)CCCC. The number of hydrogen-bond donors (Lipinski definition) is 0. The molecule has 0 rings (SSSR count). The third-order valence-corrected chi connectivity index (χ3v) is 3.69. The minimum Gasteiger partial charge on any atom is -0.334 e. The molecule has 0 fully saturated rings. The van der Waals surface area contributed by atoms with Crippen LogP contribution in [0, 0.1) is 0 Å². The molecule has 113 valence electrons. The summed E-state index contributed by atoms with van der Waals surface area (Å²) < 4.78 is 0. The van der Waals surface area contributed by atoms with Crippen LogP contribution < -0.4 is 0 Å². The summed E-state index contributed by atoms with van der Waals surface area (Å²) in [5.41, 5.74) is 0. The minimum atomic E-state index is 0.886. The maximum Gasteiger partial charge on any atom is 0.312 e. The van der Waals surface area contributed by atoms with Gasteiger partial charge >= 0.3 is 6.41 Å². The number of carbonyl (C=O) groups excluding carboxylic acids is 1. The van der Waals surface area contributed by atoms with Crippen molar-refractivity contribution in [3.05, 3.63) is 0 Å². The molecule has 0 unspecified atom stereocenters. The lowest BCUT2D eigenvalue weighted by Crippen LogP contribution is -2.24. The van der Waals surface area contributed by atoms with Gasteiger partial charge in [-0.25, -0.2) is 0 Å². The molecule has 0 aromatic heterocycles. The molecule has 1 amide bonds. The summed E-state index contributed by atoms with van der Waals surface area (Å²) in [5.74, 6) is 0. The van der Waals surface area contributed by atoms with Crippen molar-refractivity contribution in [2.24, 2.45) is 0 Å². The molecule has 19 heavy (non-hydrogen) atoms. The average molecular weight is 268 g/mol. The Balaban J connectivity index is 3.18. The molecule has 0 aromatic rings. The van der Waals surface area contributed by atoms with Gasteiger partial charge in [0.2, 0.25) is 0 Å². The fourth-order valence-electron chi connectivity index (χ4n) is 2.34. The van der Waals surface area contributed by atoms with Crippen molar-refractivity contribution in [2.45, 2.75) is 90.9 Å². The van der Waals surface area contributed by atoms with Gasteiger partial charge in [0.15, 0.2) is 0 Å². The molecule has 2 nitrogen and oxygen atoms in total. The Morgan fingerprint density at radius 3 is 1.53 bits per heavy atom. The van der Waals surface area contributed by atoms with E-state index in [4.69, 9.17) is 0 Å². The van der Waals surface area contributed by atoms with Crippen LogP contribution in [0.25, 0.3) is 0 Å². The first-order valence-electron chi connectivity index (χ1n) is 8.47. The Morgan fingerprint density at radius 2 is 1.05 bits per heavy atom. The van der Waals surface area contributed by atoms with Gasteiger partial charge in [0.05, 0.1) is 0 Å². The fraction of sp³-hybridized carbons (Fsp3) is 0.941. The van der Waals surface area contributed by atoms with Gasteiger partial charge in [-0.3, -0.25) is 4.79 Å². The highest BCUT2D eigenvalue weighted by Crippen LogP contribution is 2.10. The molecule has 0 heterocycles. The van der Waals surface area contributed by atoms with E-state index in [-0.39, 0.29) is 0 Å². The maximum atomic E-state index is 10.7. The molecule has 0 atom stereocenters. The fourth-order valence-corrected chi connectivity index (χ4v) is 2.34. The quantitative estimate of drug-likeness (QED) is 0.300. The normalized spacial score (nSPS) is 10.6. The van der Waals surface area contributed by atoms with Gasteiger partial charge in [-0.05, 0) is 12.8 Å². The highest BCUT2D eigenvalue weighted by Gasteiger charge is 2.01. The second-order valence-corrected chi connectivity index (χ2v) is 5.61. The van der Waals surface area contributed by atoms with E-state index in [1.165, 1.54) is 57.8 Å². The van der Waals surface area contributed by atoms with Crippen molar-refractivity contribution in [1.82, 2.24) is 4.90 Å². The van der Waals surface area contributed by atoms with Crippen LogP contribution in [0.5, 0.6) is 0 Å². The maximum absolute atomic E-state index is 10.7. The summed E-state index contributed by atoms with van der Waals surface area (Å²) in [4.78, 5) is 12.5. The van der Waals surface area contributed by atoms with Crippen LogP contribution in [-0.4, -0.2) is 24.4 Å². The number of nitrogens with zero attached hydrogens (tertiary/aromatic N) is 1. The Bertz CT molecular complexity index is 182. The average Bonchev–Trinajstić information content (AvgIpc) is 2.44. The van der Waals surface area contributed by atoms with Crippen molar-refractivity contribution < 1.29 is 4.79 Å². The predicted molar refractivity (Wildman–Crippen MR) is 84.0 cm³/mol. The monoisotopic (exact) mass is 268 g/mol. The van der Waals surface area contributed by atoms with E-state index < -0.39 is 0 Å². The molecule has 0 N–H and O–H groups in total. The lowest BCUT2D eigenvalue weighted by molar-refractivity contribution is 0.361. The van der Waals surface area contributed by atoms with E-state index >= 15 is 0 Å². The van der Waals surface area contributed by atoms with E-state index in [0.29, 0.717) is 0 Å². The Kier molecular flexibility index (Phi) is 15.1. The van der Waals surface area contributed by atoms with Gasteiger partial charge in [-0.2, -0.15) is 0 Å². The molecule has 0 aliphatic carbocycles. The van der Waals surface area contributed by atoms with E-state index in [1.54, 1.807) is 0 Å². The standard InChI is InChI=1S/C17H34NO/c1-3-5-7-8-9-10-11-12-13-14-16-18(17-19)15-6-4-2/h3-16H2,1-2H3. The number of hydrogen-bond acceptors (Lipinski definition) is 1. The second-order valence-electron chi connectivity index (χ2n) is 5.61. The van der Waals surface area contributed by atoms with Gasteiger partial charge in [0.1, 0.15) is 0 Å². The van der Waals surface area contributed by atoms with Gasteiger partial charge < -0.3 is 4.90 Å². The molecule has 2 heteroatoms.